The molecule has 0 saturated carbocycles. The Morgan fingerprint density at radius 1 is 0.875 bits per heavy atom. The molecule has 1 aromatic carbocycles. The van der Waals surface area contributed by atoms with Crippen molar-refractivity contribution < 1.29 is 43.0 Å². The van der Waals surface area contributed by atoms with E-state index < -0.39 is 66.4 Å². The van der Waals surface area contributed by atoms with Crippen molar-refractivity contribution >= 4 is 35.6 Å². The molecule has 364 valence electrons. The molecule has 0 spiro atoms. The van der Waals surface area contributed by atoms with Crippen molar-refractivity contribution in [3.63, 3.8) is 0 Å². The van der Waals surface area contributed by atoms with E-state index in [1.165, 1.54) is 7.11 Å². The van der Waals surface area contributed by atoms with Crippen LogP contribution in [0.5, 0.6) is 0 Å². The van der Waals surface area contributed by atoms with E-state index in [9.17, 15) is 28.8 Å². The zero-order valence-corrected chi connectivity index (χ0v) is 40.6. The lowest BCUT2D eigenvalue weighted by atomic mass is 9.89. The second-order valence-electron chi connectivity index (χ2n) is 18.0. The van der Waals surface area contributed by atoms with Gasteiger partial charge in [0.2, 0.25) is 29.5 Å². The second kappa shape index (κ2) is 27.8. The maximum Gasteiger partial charge on any atom is 0.312 e. The number of amides is 7. The quantitative estimate of drug-likeness (QED) is 0.0527. The summed E-state index contributed by atoms with van der Waals surface area (Å²) in [5.41, 5.74) is 11.9. The van der Waals surface area contributed by atoms with E-state index >= 15 is 0 Å². The summed E-state index contributed by atoms with van der Waals surface area (Å²) in [7, 11) is 8.50. The molecule has 1 aromatic rings. The molecule has 0 aromatic heterocycles. The van der Waals surface area contributed by atoms with Gasteiger partial charge < -0.3 is 56.7 Å². The van der Waals surface area contributed by atoms with Gasteiger partial charge in [-0.25, -0.2) is 4.79 Å². The third-order valence-corrected chi connectivity index (χ3v) is 12.4. The van der Waals surface area contributed by atoms with E-state index in [2.05, 4.69) is 21.3 Å². The van der Waals surface area contributed by atoms with Gasteiger partial charge in [0, 0.05) is 40.9 Å². The molecule has 0 radical (unpaired) electrons. The number of primary amides is 1. The van der Waals surface area contributed by atoms with Crippen molar-refractivity contribution in [3.8, 4) is 0 Å². The molecule has 0 bridgehead atoms. The number of carbonyl (C=O) groups excluding carboxylic acids is 6. The smallest absolute Gasteiger partial charge is 0.312 e. The molecule has 1 saturated heterocycles. The molecule has 2 rings (SSSR count). The standard InChI is InChI=1S/C46H81N9O9/c1-13-30(6)40(54(10)45(60)38(28(2)3)52-44(59)39(29(4)5)53(8)9)35(62-11)25-37(56)55-24-18-22-34(55)41(63-12)31(7)42(57)50-26-36(32-19-15-14-16-20-32)64-27-51-43(58)33(47)21-17-23-49-46(48)61/h14-16,19-20,28-31,33-36,38-41H,13,17-18,21-27,47H2,1-12H3,(H,50,57)(H,51,58)(H,52,59)(H3,48,49,61)/t30-,31+,33-,34-,35+,36+,38-,39-,40-,41+/m0/s1. The summed E-state index contributed by atoms with van der Waals surface area (Å²) in [4.78, 5) is 84.8. The lowest BCUT2D eigenvalue weighted by molar-refractivity contribution is -0.148. The number of rotatable bonds is 28. The van der Waals surface area contributed by atoms with Crippen molar-refractivity contribution in [2.45, 2.75) is 136 Å². The number of methoxy groups -OCH3 is 2. The molecule has 7 amide bonds. The molecule has 10 atom stereocenters. The summed E-state index contributed by atoms with van der Waals surface area (Å²) < 4.78 is 18.1. The van der Waals surface area contributed by atoms with Gasteiger partial charge in [0.15, 0.2) is 0 Å². The highest BCUT2D eigenvalue weighted by Crippen LogP contribution is 2.30. The predicted octanol–water partition coefficient (Wildman–Crippen LogP) is 2.36. The number of urea groups is 1. The molecule has 0 aliphatic carbocycles. The molecule has 18 heteroatoms. The first-order chi connectivity index (χ1) is 30.2. The van der Waals surface area contributed by atoms with Crippen LogP contribution in [-0.4, -0.2) is 154 Å². The van der Waals surface area contributed by atoms with Gasteiger partial charge >= 0.3 is 6.03 Å². The van der Waals surface area contributed by atoms with Crippen LogP contribution < -0.4 is 32.7 Å². The predicted molar refractivity (Wildman–Crippen MR) is 246 cm³/mol. The van der Waals surface area contributed by atoms with Gasteiger partial charge in [-0.15, -0.1) is 0 Å². The average Bonchev–Trinajstić information content (AvgIpc) is 3.74. The summed E-state index contributed by atoms with van der Waals surface area (Å²) in [6.45, 7) is 14.3. The van der Waals surface area contributed by atoms with Crippen molar-refractivity contribution in [2.24, 2.45) is 35.1 Å². The van der Waals surface area contributed by atoms with E-state index in [0.29, 0.717) is 38.8 Å². The SMILES string of the molecule is CC[C@H](C)[C@@H]([C@@H](CC(=O)N1CCC[C@H]1[C@H](OC)[C@@H](C)C(=O)NC[C@@H](OCNC(=O)[C@@H](N)CCCNC(N)=O)c1ccccc1)OC)N(C)C(=O)[C@@H](NC(=O)[C@H](C(C)C)N(C)C)C(C)C. The lowest BCUT2D eigenvalue weighted by Crippen LogP contribution is -2.59. The molecule has 8 N–H and O–H groups in total. The highest BCUT2D eigenvalue weighted by Gasteiger charge is 2.43. The van der Waals surface area contributed by atoms with Crippen LogP contribution in [0.2, 0.25) is 0 Å². The molecule has 1 aliphatic rings. The van der Waals surface area contributed by atoms with Gasteiger partial charge in [-0.1, -0.05) is 85.2 Å². The highest BCUT2D eigenvalue weighted by molar-refractivity contribution is 5.90. The summed E-state index contributed by atoms with van der Waals surface area (Å²) >= 11 is 0. The van der Waals surface area contributed by atoms with Crippen molar-refractivity contribution in [1.82, 2.24) is 36.0 Å². The van der Waals surface area contributed by atoms with Crippen molar-refractivity contribution in [1.29, 1.82) is 0 Å². The summed E-state index contributed by atoms with van der Waals surface area (Å²) in [5.74, 6) is -2.24. The number of nitrogens with one attached hydrogen (secondary N) is 4. The van der Waals surface area contributed by atoms with Crippen LogP contribution in [0.3, 0.4) is 0 Å². The van der Waals surface area contributed by atoms with Crippen molar-refractivity contribution in [2.75, 3.05) is 61.7 Å². The molecular weight excluding hydrogens is 823 g/mol. The van der Waals surface area contributed by atoms with E-state index in [-0.39, 0.29) is 61.1 Å². The van der Waals surface area contributed by atoms with Crippen LogP contribution in [0.4, 0.5) is 4.79 Å². The van der Waals surface area contributed by atoms with Gasteiger partial charge in [0.1, 0.15) is 18.9 Å². The number of hydrogen-bond acceptors (Lipinski definition) is 11. The minimum Gasteiger partial charge on any atom is -0.379 e. The van der Waals surface area contributed by atoms with E-state index in [1.807, 2.05) is 90.9 Å². The molecule has 18 nitrogen and oxygen atoms in total. The number of ether oxygens (including phenoxy) is 3. The lowest BCUT2D eigenvalue weighted by Gasteiger charge is -2.41. The fourth-order valence-corrected chi connectivity index (χ4v) is 8.72. The number of nitrogens with two attached hydrogens (primary N) is 2. The Morgan fingerprint density at radius 2 is 1.53 bits per heavy atom. The van der Waals surface area contributed by atoms with Crippen LogP contribution in [-0.2, 0) is 38.2 Å². The Balaban J connectivity index is 2.18. The third-order valence-electron chi connectivity index (χ3n) is 12.4. The molecule has 64 heavy (non-hydrogen) atoms. The number of carbonyl (C=O) groups is 6. The first kappa shape index (κ1) is 55.8. The normalized spacial score (nSPS) is 18.3. The highest BCUT2D eigenvalue weighted by atomic mass is 16.5. The van der Waals surface area contributed by atoms with Crippen molar-refractivity contribution in [3.05, 3.63) is 35.9 Å². The van der Waals surface area contributed by atoms with E-state index in [4.69, 9.17) is 25.7 Å². The number of hydrogen-bond donors (Lipinski definition) is 6. The first-order valence-corrected chi connectivity index (χ1v) is 22.8. The molecule has 0 unspecified atom stereocenters. The van der Waals surface area contributed by atoms with Gasteiger partial charge in [-0.2, -0.15) is 0 Å². The van der Waals surface area contributed by atoms with Gasteiger partial charge in [0.05, 0.1) is 48.7 Å². The Bertz CT molecular complexity index is 1610. The minimum absolute atomic E-state index is 0.00453. The number of likely N-dealkylation sites (tertiary alicyclic amines) is 1. The number of benzene rings is 1. The summed E-state index contributed by atoms with van der Waals surface area (Å²) in [5, 5.41) is 11.2. The Kier molecular flexibility index (Phi) is 24.3. The van der Waals surface area contributed by atoms with Gasteiger partial charge in [-0.3, -0.25) is 28.9 Å². The largest absolute Gasteiger partial charge is 0.379 e. The fraction of sp³-hybridized carbons (Fsp3) is 0.739. The Morgan fingerprint density at radius 3 is 2.08 bits per heavy atom. The topological polar surface area (TPSA) is 240 Å². The number of nitrogens with zero attached hydrogens (tertiary/aromatic N) is 3. The maximum absolute atomic E-state index is 14.3. The van der Waals surface area contributed by atoms with Gasteiger partial charge in [0.25, 0.3) is 0 Å². The van der Waals surface area contributed by atoms with Crippen LogP contribution in [0.15, 0.2) is 30.3 Å². The molecule has 1 heterocycles. The van der Waals surface area contributed by atoms with E-state index in [0.717, 1.165) is 12.0 Å². The summed E-state index contributed by atoms with van der Waals surface area (Å²) in [6.07, 6.45) is 0.951. The summed E-state index contributed by atoms with van der Waals surface area (Å²) in [6, 6.07) is 5.75. The van der Waals surface area contributed by atoms with Crippen LogP contribution in [0.25, 0.3) is 0 Å². The average molecular weight is 904 g/mol. The van der Waals surface area contributed by atoms with Crippen LogP contribution >= 0.6 is 0 Å². The zero-order chi connectivity index (χ0) is 48.3. The molecular formula is C46H81N9O9. The van der Waals surface area contributed by atoms with Crippen LogP contribution in [0, 0.1) is 23.7 Å². The zero-order valence-electron chi connectivity index (χ0n) is 40.6. The third kappa shape index (κ3) is 16.6. The number of likely N-dealkylation sites (N-methyl/N-ethyl adjacent to an activating group) is 2. The van der Waals surface area contributed by atoms with E-state index in [1.54, 1.807) is 30.9 Å². The monoisotopic (exact) mass is 904 g/mol. The maximum atomic E-state index is 14.3. The first-order valence-electron chi connectivity index (χ1n) is 22.8. The molecule has 1 aliphatic heterocycles. The second-order valence-corrected chi connectivity index (χ2v) is 18.0. The Labute approximate surface area is 381 Å². The molecule has 1 fully saturated rings. The minimum atomic E-state index is -0.816. The fourth-order valence-electron chi connectivity index (χ4n) is 8.72. The Hall–Kier alpha value is -4.36. The van der Waals surface area contributed by atoms with Crippen LogP contribution in [0.1, 0.15) is 98.7 Å². The van der Waals surface area contributed by atoms with Gasteiger partial charge in [-0.05, 0) is 63.1 Å².